The topological polar surface area (TPSA) is 289 Å². The molecular weight excluding hydrogens is 1760 g/mol. The van der Waals surface area contributed by atoms with Crippen molar-refractivity contribution in [2.75, 3.05) is 83.1 Å². The summed E-state index contributed by atoms with van der Waals surface area (Å²) in [5.41, 5.74) is 18.2. The molecule has 22 rings (SSSR count). The number of pyridine rings is 4. The molecule has 4 N–H and O–H groups in total. The second kappa shape index (κ2) is 40.1. The van der Waals surface area contributed by atoms with Crippen molar-refractivity contribution in [3.05, 3.63) is 265 Å². The van der Waals surface area contributed by atoms with Crippen molar-refractivity contribution in [3.63, 3.8) is 0 Å². The van der Waals surface area contributed by atoms with Gasteiger partial charge < -0.3 is 78.1 Å². The number of Topliss-reactive ketones (excluding diaryl/α,β-unsaturated/α-hetero) is 4. The fourth-order valence-corrected chi connectivity index (χ4v) is 17.7. The predicted octanol–water partition coefficient (Wildman–Crippen LogP) is 24.6. The minimum Gasteiger partial charge on any atom is -0.493 e. The zero-order valence-electron chi connectivity index (χ0n) is 80.8. The Morgan fingerprint density at radius 1 is 0.300 bits per heavy atom. The quantitative estimate of drug-likeness (QED) is 0.0345. The van der Waals surface area contributed by atoms with Gasteiger partial charge in [-0.15, -0.1) is 0 Å². The van der Waals surface area contributed by atoms with E-state index < -0.39 is 0 Å². The number of ketones is 4. The van der Waals surface area contributed by atoms with Crippen LogP contribution in [0.4, 0.5) is 0 Å². The van der Waals surface area contributed by atoms with Gasteiger partial charge in [0.2, 0.25) is 0 Å². The Morgan fingerprint density at radius 2 is 0.557 bits per heavy atom. The first-order valence-corrected chi connectivity index (χ1v) is 48.2. The number of ether oxygens (including phenoxy) is 12. The van der Waals surface area contributed by atoms with E-state index >= 15 is 0 Å². The highest BCUT2D eigenvalue weighted by Crippen LogP contribution is 2.49. The molecule has 0 atom stereocenters. The van der Waals surface area contributed by atoms with Crippen LogP contribution in [0.25, 0.3) is 86.7 Å². The molecular formula is C116H116N8O16. The molecule has 24 nitrogen and oxygen atoms in total. The van der Waals surface area contributed by atoms with Gasteiger partial charge in [0.1, 0.15) is 72.4 Å². The zero-order valence-corrected chi connectivity index (χ0v) is 80.8. The number of fused-ring (bicyclic) bond motifs is 8. The molecule has 716 valence electrons. The summed E-state index contributed by atoms with van der Waals surface area (Å²) in [6, 6.07) is 69.1. The van der Waals surface area contributed by atoms with Crippen molar-refractivity contribution in [3.8, 4) is 92.0 Å². The third-order valence-electron chi connectivity index (χ3n) is 27.8. The summed E-state index contributed by atoms with van der Waals surface area (Å²) < 4.78 is 72.0. The molecule has 0 saturated heterocycles. The van der Waals surface area contributed by atoms with Crippen molar-refractivity contribution in [2.45, 2.75) is 139 Å². The molecule has 6 fully saturated rings. The summed E-state index contributed by atoms with van der Waals surface area (Å²) in [5.74, 6) is 12.4. The summed E-state index contributed by atoms with van der Waals surface area (Å²) in [6.45, 7) is 5.87. The summed E-state index contributed by atoms with van der Waals surface area (Å²) in [5, 5.41) is 11.0. The number of methoxy groups -OCH3 is 4. The van der Waals surface area contributed by atoms with Crippen molar-refractivity contribution < 1.29 is 76.0 Å². The number of rotatable bonds is 36. The van der Waals surface area contributed by atoms with E-state index in [1.807, 2.05) is 232 Å². The number of nitrogens with two attached hydrogens (primary N) is 2. The van der Waals surface area contributed by atoms with Crippen molar-refractivity contribution in [1.29, 1.82) is 0 Å². The Balaban J connectivity index is 0.000000119. The van der Waals surface area contributed by atoms with E-state index in [4.69, 9.17) is 68.3 Å². The van der Waals surface area contributed by atoms with Crippen LogP contribution in [-0.4, -0.2) is 158 Å². The van der Waals surface area contributed by atoms with Crippen LogP contribution in [0.2, 0.25) is 0 Å². The minimum absolute atomic E-state index is 0.107. The third kappa shape index (κ3) is 21.2. The van der Waals surface area contributed by atoms with E-state index in [1.165, 1.54) is 25.7 Å². The lowest BCUT2D eigenvalue weighted by molar-refractivity contribution is 0.0969. The highest BCUT2D eigenvalue weighted by atomic mass is 16.5. The van der Waals surface area contributed by atoms with Crippen LogP contribution >= 0.6 is 0 Å². The average Bonchev–Trinajstić information content (AvgIpc) is 1.69. The maximum atomic E-state index is 12.8. The molecule has 0 spiro atoms. The van der Waals surface area contributed by atoms with Crippen LogP contribution in [0.3, 0.4) is 0 Å². The minimum atomic E-state index is -0.226. The monoisotopic (exact) mass is 1880 g/mol. The van der Waals surface area contributed by atoms with Gasteiger partial charge in [-0.1, -0.05) is 86.6 Å². The molecule has 140 heavy (non-hydrogen) atoms. The molecule has 0 radical (unpaired) electrons. The highest BCUT2D eigenvalue weighted by molar-refractivity contribution is 6.11. The normalized spacial score (nSPS) is 15.3. The molecule has 4 heterocycles. The fourth-order valence-electron chi connectivity index (χ4n) is 17.7. The van der Waals surface area contributed by atoms with Gasteiger partial charge in [0.15, 0.2) is 69.1 Å². The lowest BCUT2D eigenvalue weighted by Gasteiger charge is -2.24. The second-order valence-electron chi connectivity index (χ2n) is 38.3. The molecule has 0 aliphatic heterocycles. The van der Waals surface area contributed by atoms with Gasteiger partial charge in [-0.2, -0.15) is 0 Å². The van der Waals surface area contributed by atoms with Crippen molar-refractivity contribution in [1.82, 2.24) is 29.7 Å². The van der Waals surface area contributed by atoms with E-state index in [2.05, 4.69) is 57.9 Å². The summed E-state index contributed by atoms with van der Waals surface area (Å²) in [6.07, 6.45) is 22.2. The second-order valence-corrected chi connectivity index (χ2v) is 38.3. The zero-order chi connectivity index (χ0) is 97.1. The molecule has 12 aromatic carbocycles. The first kappa shape index (κ1) is 94.4. The number of carbonyl (C=O) groups excluding carboxylic acids is 4. The molecule has 4 aromatic heterocycles. The Morgan fingerprint density at radius 3 is 0.786 bits per heavy atom. The fraction of sp³-hybridized carbons (Fsp3) is 0.310. The summed E-state index contributed by atoms with van der Waals surface area (Å²) >= 11 is 0. The van der Waals surface area contributed by atoms with Crippen LogP contribution in [-0.2, 0) is 0 Å². The van der Waals surface area contributed by atoms with Crippen LogP contribution in [0.5, 0.6) is 92.0 Å². The first-order valence-electron chi connectivity index (χ1n) is 48.2. The lowest BCUT2D eigenvalue weighted by Crippen LogP contribution is -2.35. The summed E-state index contributed by atoms with van der Waals surface area (Å²) in [7, 11) is 14.9. The molecule has 24 heteroatoms. The first-order chi connectivity index (χ1) is 67.9. The predicted molar refractivity (Wildman–Crippen MR) is 547 cm³/mol. The van der Waals surface area contributed by atoms with Crippen molar-refractivity contribution in [2.24, 2.45) is 23.3 Å². The van der Waals surface area contributed by atoms with Gasteiger partial charge in [0, 0.05) is 119 Å². The number of carbonyl (C=O) groups is 4. The average molecular weight is 1880 g/mol. The number of nitrogens with zero attached hydrogens (tertiary/aromatic N) is 6. The molecule has 0 amide bonds. The maximum Gasteiger partial charge on any atom is 0.163 e. The van der Waals surface area contributed by atoms with E-state index in [1.54, 1.807) is 53.2 Å². The molecule has 0 unspecified atom stereocenters. The van der Waals surface area contributed by atoms with E-state index in [0.717, 1.165) is 160 Å². The Bertz CT molecular complexity index is 7450. The van der Waals surface area contributed by atoms with E-state index in [0.29, 0.717) is 156 Å². The maximum absolute atomic E-state index is 12.8. The van der Waals surface area contributed by atoms with Gasteiger partial charge in [-0.05, 0) is 281 Å². The van der Waals surface area contributed by atoms with E-state index in [-0.39, 0.29) is 45.3 Å². The number of hydrogen-bond donors (Lipinski definition) is 2. The highest BCUT2D eigenvalue weighted by Gasteiger charge is 2.47. The van der Waals surface area contributed by atoms with Crippen LogP contribution in [0.1, 0.15) is 158 Å². The Labute approximate surface area is 813 Å². The SMILES string of the molecule is CCC(=O)c1cccc2cc(Oc3ccnc4cc(OCC5(N(C)C)CC5)c(OC)cc34)ccc12.CCC(=O)c1cccc2cc(Oc3ccnc4cc(OCC5(N)CC5)c(OC)cc34)ccc12.COc1cc2c(Oc3ccc4c(C(=O)CC5CC5)cccc4c3)ccnc2cc1OCC1(N(C)C)CC1.COc1cc2c(Oc3ccc4c(C(=O)CC5CC5)cccc4c3)ccnc2cc1OCC1(N)CC1. The number of hydrogen-bond acceptors (Lipinski definition) is 24. The third-order valence-corrected chi connectivity index (χ3v) is 27.8. The molecule has 6 saturated carbocycles. The number of likely N-dealkylation sites (N-methyl/N-ethyl adjacent to an activating group) is 2. The summed E-state index contributed by atoms with van der Waals surface area (Å²) in [4.78, 5) is 72.7. The van der Waals surface area contributed by atoms with E-state index in [9.17, 15) is 19.2 Å². The number of benzene rings is 12. The molecule has 6 aliphatic rings. The van der Waals surface area contributed by atoms with Gasteiger partial charge >= 0.3 is 0 Å². The molecule has 16 aromatic rings. The molecule has 6 aliphatic carbocycles. The van der Waals surface area contributed by atoms with Crippen LogP contribution < -0.4 is 68.3 Å². The van der Waals surface area contributed by atoms with Gasteiger partial charge in [0.25, 0.3) is 0 Å². The lowest BCUT2D eigenvalue weighted by atomic mass is 9.98. The van der Waals surface area contributed by atoms with Crippen LogP contribution in [0.15, 0.2) is 243 Å². The van der Waals surface area contributed by atoms with Gasteiger partial charge in [-0.25, -0.2) is 0 Å². The van der Waals surface area contributed by atoms with Gasteiger partial charge in [-0.3, -0.25) is 39.1 Å². The molecule has 0 bridgehead atoms. The largest absolute Gasteiger partial charge is 0.493 e. The van der Waals surface area contributed by atoms with Crippen LogP contribution in [0, 0.1) is 11.8 Å². The Kier molecular flexibility index (Phi) is 27.0. The standard InChI is InChI=1S/C31H32N2O4.C29H28N2O4.C29H30N2O4.C27H26N2O4/c1-33(2)31(12-13-31)19-36-30-18-26-25(17-29(30)35-3)28(11-14-32-26)37-22-9-10-23-21(16-22)5-4-6-24(23)27(34)15-20-7-8-20;1-33-27-15-23-24(16-28(27)34-17-29(30)10-11-29)31-12-9-26(23)35-20-7-8-21-19(14-20)3-2-4-22(21)25(32)13-18-5-6-18;1-5-25(32)22-8-6-7-19-15-20(9-10-21(19)22)35-26-11-14-30-24-17-28(27(33-4)16-23(24)26)34-18-29(12-13-29)31(2)3;1-3-23(30)20-6-4-5-17-13-18(7-8-19(17)20)33-24-9-12-29-22-15-26(25(31-2)14-21(22)24)32-16-27(28)10-11-27/h4-6,9-11,14,16-18,20H,7-8,12-13,15,19H2,1-3H3;2-4,7-9,12,14-16,18H,5-6,10-11,13,17,30H2,1H3;6-11,14-17H,5,12-13,18H2,1-4H3;4-9,12-15H,3,10-11,16,28H2,1-2H3. The Hall–Kier alpha value is -14.6. The number of aromatic nitrogens is 4. The van der Waals surface area contributed by atoms with Gasteiger partial charge in [0.05, 0.1) is 72.7 Å². The van der Waals surface area contributed by atoms with Crippen molar-refractivity contribution >= 4 is 110 Å². The smallest absolute Gasteiger partial charge is 0.163 e.